The normalized spacial score (nSPS) is 21.7. The summed E-state index contributed by atoms with van der Waals surface area (Å²) < 4.78 is 7.94. The van der Waals surface area contributed by atoms with Crippen LogP contribution in [-0.4, -0.2) is 45.5 Å². The molecule has 1 spiro atoms. The quantitative estimate of drug-likeness (QED) is 0.871. The van der Waals surface area contributed by atoms with Gasteiger partial charge in [0.1, 0.15) is 0 Å². The minimum absolute atomic E-state index is 0.125. The molecule has 1 aromatic heterocycles. The van der Waals surface area contributed by atoms with Gasteiger partial charge in [0.05, 0.1) is 11.6 Å². The zero-order valence-electron chi connectivity index (χ0n) is 13.6. The van der Waals surface area contributed by atoms with Gasteiger partial charge in [-0.2, -0.15) is 0 Å². The predicted molar refractivity (Wildman–Crippen MR) is 87.4 cm³/mol. The van der Waals surface area contributed by atoms with Crippen LogP contribution < -0.4 is 4.90 Å². The fraction of sp³-hybridized carbons (Fsp3) is 0.588. The number of ether oxygens (including phenoxy) is 1. The maximum absolute atomic E-state index is 6.01. The van der Waals surface area contributed by atoms with Crippen LogP contribution in [0.2, 0.25) is 0 Å². The van der Waals surface area contributed by atoms with Crippen molar-refractivity contribution in [1.29, 1.82) is 0 Å². The summed E-state index contributed by atoms with van der Waals surface area (Å²) in [4.78, 5) is 2.30. The Balaban J connectivity index is 1.52. The molecule has 1 aromatic carbocycles. The lowest BCUT2D eigenvalue weighted by molar-refractivity contribution is -0.0149. The Bertz CT molecular complexity index is 640. The lowest BCUT2D eigenvalue weighted by Crippen LogP contribution is -2.45. The van der Waals surface area contributed by atoms with Gasteiger partial charge < -0.3 is 9.64 Å². The van der Waals surface area contributed by atoms with Crippen molar-refractivity contribution >= 4 is 5.95 Å². The summed E-state index contributed by atoms with van der Waals surface area (Å²) in [7, 11) is 0. The molecule has 4 rings (SSSR count). The van der Waals surface area contributed by atoms with E-state index in [9.17, 15) is 0 Å². The molecule has 6 heteroatoms. The zero-order valence-corrected chi connectivity index (χ0v) is 13.6. The first-order valence-electron chi connectivity index (χ1n) is 8.49. The van der Waals surface area contributed by atoms with Crippen LogP contribution in [0.25, 0.3) is 0 Å². The van der Waals surface area contributed by atoms with Gasteiger partial charge in [0.25, 0.3) is 0 Å². The van der Waals surface area contributed by atoms with E-state index in [0.29, 0.717) is 0 Å². The van der Waals surface area contributed by atoms with Crippen LogP contribution in [0.15, 0.2) is 30.3 Å². The van der Waals surface area contributed by atoms with Gasteiger partial charge in [-0.1, -0.05) is 35.4 Å². The summed E-state index contributed by atoms with van der Waals surface area (Å²) >= 11 is 0. The lowest BCUT2D eigenvalue weighted by Gasteiger charge is -2.38. The molecule has 2 aliphatic rings. The molecule has 2 fully saturated rings. The van der Waals surface area contributed by atoms with E-state index in [1.807, 2.05) is 10.7 Å². The molecule has 0 aliphatic carbocycles. The van der Waals surface area contributed by atoms with Crippen LogP contribution in [0.3, 0.4) is 0 Å². The Hall–Kier alpha value is -1.95. The van der Waals surface area contributed by atoms with Crippen molar-refractivity contribution in [2.75, 3.05) is 24.6 Å². The summed E-state index contributed by atoms with van der Waals surface area (Å²) in [6.45, 7) is 4.98. The van der Waals surface area contributed by atoms with Gasteiger partial charge in [0.2, 0.25) is 5.95 Å². The first-order valence-corrected chi connectivity index (χ1v) is 8.49. The number of rotatable bonds is 3. The molecular formula is C17H23N5O. The second kappa shape index (κ2) is 5.92. The number of nitrogens with zero attached hydrogens (tertiary/aromatic N) is 5. The Labute approximate surface area is 136 Å². The van der Waals surface area contributed by atoms with Gasteiger partial charge in [-0.05, 0) is 48.6 Å². The number of benzene rings is 1. The third-order valence-electron chi connectivity index (χ3n) is 5.27. The van der Waals surface area contributed by atoms with E-state index in [0.717, 1.165) is 38.5 Å². The number of anilines is 1. The van der Waals surface area contributed by atoms with Gasteiger partial charge in [-0.3, -0.25) is 0 Å². The predicted octanol–water partition coefficient (Wildman–Crippen LogP) is 2.43. The smallest absolute Gasteiger partial charge is 0.246 e. The van der Waals surface area contributed by atoms with Crippen LogP contribution in [-0.2, 0) is 4.74 Å². The fourth-order valence-electron chi connectivity index (χ4n) is 3.78. The van der Waals surface area contributed by atoms with Crippen LogP contribution in [0.5, 0.6) is 0 Å². The van der Waals surface area contributed by atoms with Crippen molar-refractivity contribution in [2.24, 2.45) is 0 Å². The van der Waals surface area contributed by atoms with Crippen LogP contribution in [0.4, 0.5) is 5.95 Å². The third kappa shape index (κ3) is 2.72. The molecule has 23 heavy (non-hydrogen) atoms. The average molecular weight is 313 g/mol. The largest absolute Gasteiger partial charge is 0.375 e. The number of aromatic nitrogens is 4. The van der Waals surface area contributed by atoms with E-state index in [4.69, 9.17) is 4.74 Å². The zero-order chi connectivity index (χ0) is 15.7. The van der Waals surface area contributed by atoms with Crippen molar-refractivity contribution in [3.8, 4) is 0 Å². The molecule has 122 valence electrons. The molecule has 0 saturated carbocycles. The van der Waals surface area contributed by atoms with E-state index in [1.54, 1.807) is 0 Å². The Kier molecular flexibility index (Phi) is 3.77. The standard InChI is InChI=1S/C17H23N5O/c1-14(15-6-3-2-4-7-15)22-16(18-19-20-22)21-11-9-17(10-12-21)8-5-13-23-17/h2-4,6-7,14H,5,8-13H2,1H3/t14-/m0/s1. The number of piperidine rings is 1. The summed E-state index contributed by atoms with van der Waals surface area (Å²) in [5.74, 6) is 0.870. The van der Waals surface area contributed by atoms with E-state index < -0.39 is 0 Å². The van der Waals surface area contributed by atoms with Crippen LogP contribution in [0, 0.1) is 0 Å². The Morgan fingerprint density at radius 2 is 1.91 bits per heavy atom. The highest BCUT2D eigenvalue weighted by molar-refractivity contribution is 5.32. The fourth-order valence-corrected chi connectivity index (χ4v) is 3.78. The molecule has 2 saturated heterocycles. The van der Waals surface area contributed by atoms with Gasteiger partial charge in [0, 0.05) is 19.7 Å². The SMILES string of the molecule is C[C@@H](c1ccccc1)n1nnnc1N1CCC2(CCCO2)CC1. The molecule has 0 amide bonds. The highest BCUT2D eigenvalue weighted by atomic mass is 16.5. The summed E-state index contributed by atoms with van der Waals surface area (Å²) in [6.07, 6.45) is 4.54. The van der Waals surface area contributed by atoms with Gasteiger partial charge in [0.15, 0.2) is 0 Å². The van der Waals surface area contributed by atoms with Gasteiger partial charge in [-0.15, -0.1) is 0 Å². The maximum Gasteiger partial charge on any atom is 0.246 e. The molecule has 0 N–H and O–H groups in total. The van der Waals surface area contributed by atoms with Crippen molar-refractivity contribution < 1.29 is 4.74 Å². The molecular weight excluding hydrogens is 290 g/mol. The van der Waals surface area contributed by atoms with Crippen molar-refractivity contribution in [1.82, 2.24) is 20.2 Å². The molecule has 0 unspecified atom stereocenters. The molecule has 1 atom stereocenters. The highest BCUT2D eigenvalue weighted by Gasteiger charge is 2.39. The van der Waals surface area contributed by atoms with Gasteiger partial charge in [-0.25, -0.2) is 4.68 Å². The number of tetrazole rings is 1. The second-order valence-electron chi connectivity index (χ2n) is 6.63. The van der Waals surface area contributed by atoms with Crippen molar-refractivity contribution in [3.63, 3.8) is 0 Å². The van der Waals surface area contributed by atoms with E-state index >= 15 is 0 Å². The molecule has 6 nitrogen and oxygen atoms in total. The van der Waals surface area contributed by atoms with Crippen LogP contribution in [0.1, 0.15) is 44.2 Å². The van der Waals surface area contributed by atoms with E-state index in [1.165, 1.54) is 18.4 Å². The monoisotopic (exact) mass is 313 g/mol. The minimum Gasteiger partial charge on any atom is -0.375 e. The summed E-state index contributed by atoms with van der Waals surface area (Å²) in [6, 6.07) is 10.5. The summed E-state index contributed by atoms with van der Waals surface area (Å²) in [5.41, 5.74) is 1.34. The van der Waals surface area contributed by atoms with Crippen molar-refractivity contribution in [3.05, 3.63) is 35.9 Å². The molecule has 0 radical (unpaired) electrons. The average Bonchev–Trinajstić information content (AvgIpc) is 3.26. The summed E-state index contributed by atoms with van der Waals surface area (Å²) in [5, 5.41) is 12.5. The number of hydrogen-bond donors (Lipinski definition) is 0. The first kappa shape index (κ1) is 14.6. The van der Waals surface area contributed by atoms with Crippen LogP contribution >= 0.6 is 0 Å². The Morgan fingerprint density at radius 3 is 2.61 bits per heavy atom. The Morgan fingerprint density at radius 1 is 1.13 bits per heavy atom. The minimum atomic E-state index is 0.125. The molecule has 0 bridgehead atoms. The van der Waals surface area contributed by atoms with Crippen molar-refractivity contribution in [2.45, 2.75) is 44.2 Å². The molecule has 2 aromatic rings. The second-order valence-corrected chi connectivity index (χ2v) is 6.63. The molecule has 2 aliphatic heterocycles. The lowest BCUT2D eigenvalue weighted by atomic mass is 9.89. The maximum atomic E-state index is 6.01. The van der Waals surface area contributed by atoms with E-state index in [-0.39, 0.29) is 11.6 Å². The highest BCUT2D eigenvalue weighted by Crippen LogP contribution is 2.36. The molecule has 3 heterocycles. The third-order valence-corrected chi connectivity index (χ3v) is 5.27. The topological polar surface area (TPSA) is 56.1 Å². The van der Waals surface area contributed by atoms with Gasteiger partial charge >= 0.3 is 0 Å². The number of hydrogen-bond acceptors (Lipinski definition) is 5. The van der Waals surface area contributed by atoms with E-state index in [2.05, 4.69) is 51.6 Å². The first-order chi connectivity index (χ1) is 11.3.